The van der Waals surface area contributed by atoms with E-state index in [4.69, 9.17) is 40.5 Å². The van der Waals surface area contributed by atoms with Crippen molar-refractivity contribution >= 4 is 62.8 Å². The molecule has 0 spiro atoms. The summed E-state index contributed by atoms with van der Waals surface area (Å²) in [6.45, 7) is 17.6. The highest BCUT2D eigenvalue weighted by molar-refractivity contribution is 7.14. The molecule has 3 amide bonds. The lowest BCUT2D eigenvalue weighted by Crippen LogP contribution is -2.58. The Labute approximate surface area is 377 Å². The van der Waals surface area contributed by atoms with E-state index in [0.717, 1.165) is 18.2 Å². The number of fused-ring (bicyclic) bond motifs is 2. The molecule has 7 atom stereocenters. The van der Waals surface area contributed by atoms with Crippen molar-refractivity contribution in [2.45, 2.75) is 111 Å². The van der Waals surface area contributed by atoms with E-state index in [1.165, 1.54) is 21.8 Å². The minimum atomic E-state index is -1.18. The lowest BCUT2D eigenvalue weighted by molar-refractivity contribution is -0.145. The van der Waals surface area contributed by atoms with Crippen molar-refractivity contribution in [1.82, 2.24) is 30.4 Å². The standard InChI is InChI=1S/C45H60ClN7O9S/c1-8-9-31(42(56)57)49-40(54)34-20-27(22-53(34)41(55)39(45(5,6)7)51-44(58)62-26-18-29-25(4)30(29)19-26)61-36-21-32(33-23-63-43(50-33)47-24(2)3)48-38-28(36)10-11-35(37(38)46)60-17-14-52-12-15-59-16-13-52/h10-11,18,21,23-27,30-31,34,39H,8-9,12-17,19-20,22H2,1-7H3,(H,47,50)(H,49,54)(H,51,58)(H,56,57)/t25-,26+,27?,30-,31-,34+,39?/m1/s1. The Kier molecular flexibility index (Phi) is 14.4. The third-order valence-electron chi connectivity index (χ3n) is 12.1. The summed E-state index contributed by atoms with van der Waals surface area (Å²) >= 11 is 8.53. The van der Waals surface area contributed by atoms with Gasteiger partial charge >= 0.3 is 12.1 Å². The number of anilines is 1. The molecular formula is C45H60ClN7O9S. The van der Waals surface area contributed by atoms with Crippen LogP contribution >= 0.6 is 22.9 Å². The number of hydrogen-bond acceptors (Lipinski definition) is 13. The number of carboxylic acids is 1. The summed E-state index contributed by atoms with van der Waals surface area (Å²) < 4.78 is 24.2. The number of pyridine rings is 1. The molecule has 7 rings (SSSR count). The second-order valence-electron chi connectivity index (χ2n) is 18.3. The molecule has 2 aliphatic carbocycles. The molecule has 3 aromatic rings. The van der Waals surface area contributed by atoms with E-state index >= 15 is 0 Å². The van der Waals surface area contributed by atoms with Crippen LogP contribution in [0.25, 0.3) is 22.3 Å². The minimum absolute atomic E-state index is 0.0291. The van der Waals surface area contributed by atoms with Gasteiger partial charge in [-0.3, -0.25) is 14.5 Å². The molecule has 4 heterocycles. The van der Waals surface area contributed by atoms with Crippen molar-refractivity contribution in [2.75, 3.05) is 51.3 Å². The fourth-order valence-corrected chi connectivity index (χ4v) is 9.67. The first kappa shape index (κ1) is 46.3. The Morgan fingerprint density at radius 3 is 2.49 bits per heavy atom. The number of aliphatic carboxylic acids is 1. The Morgan fingerprint density at radius 1 is 1.06 bits per heavy atom. The van der Waals surface area contributed by atoms with Crippen LogP contribution in [0.15, 0.2) is 35.2 Å². The summed E-state index contributed by atoms with van der Waals surface area (Å²) in [5.74, 6) is -0.550. The zero-order valence-corrected chi connectivity index (χ0v) is 38.6. The number of benzene rings is 1. The van der Waals surface area contributed by atoms with Crippen LogP contribution < -0.4 is 25.4 Å². The van der Waals surface area contributed by atoms with Gasteiger partial charge in [0.15, 0.2) is 5.13 Å². The molecule has 2 saturated heterocycles. The molecule has 4 N–H and O–H groups in total. The number of aromatic nitrogens is 2. The fourth-order valence-electron chi connectivity index (χ4n) is 8.56. The summed E-state index contributed by atoms with van der Waals surface area (Å²) in [4.78, 5) is 67.8. The number of ether oxygens (including phenoxy) is 4. The molecule has 0 bridgehead atoms. The first-order valence-corrected chi connectivity index (χ1v) is 23.2. The average Bonchev–Trinajstić information content (AvgIpc) is 3.72. The number of nitrogens with one attached hydrogen (secondary N) is 3. The van der Waals surface area contributed by atoms with Crippen molar-refractivity contribution in [3.63, 3.8) is 0 Å². The topological polar surface area (TPSA) is 194 Å². The molecule has 1 saturated carbocycles. The van der Waals surface area contributed by atoms with Gasteiger partial charge in [-0.2, -0.15) is 0 Å². The number of likely N-dealkylation sites (tertiary alicyclic amines) is 1. The van der Waals surface area contributed by atoms with E-state index in [1.807, 2.05) is 59.1 Å². The number of amides is 3. The van der Waals surface area contributed by atoms with Crippen LogP contribution in [0.1, 0.15) is 74.1 Å². The lowest BCUT2D eigenvalue weighted by atomic mass is 9.85. The molecular weight excluding hydrogens is 850 g/mol. The number of alkyl carbamates (subject to hydrolysis) is 1. The number of carbonyl (C=O) groups is 4. The maximum absolute atomic E-state index is 14.8. The normalized spacial score (nSPS) is 23.2. The highest BCUT2D eigenvalue weighted by Crippen LogP contribution is 2.53. The van der Waals surface area contributed by atoms with Gasteiger partial charge in [0.1, 0.15) is 59.2 Å². The van der Waals surface area contributed by atoms with Gasteiger partial charge in [-0.1, -0.05) is 58.2 Å². The van der Waals surface area contributed by atoms with E-state index in [2.05, 4.69) is 27.8 Å². The molecule has 2 unspecified atom stereocenters. The number of rotatable bonds is 17. The largest absolute Gasteiger partial charge is 0.491 e. The molecule has 2 aromatic heterocycles. The number of hydrogen-bond donors (Lipinski definition) is 4. The number of allylic oxidation sites excluding steroid dienone is 1. The first-order chi connectivity index (χ1) is 30.0. The van der Waals surface area contributed by atoms with E-state index in [-0.39, 0.29) is 31.5 Å². The SMILES string of the molecule is CCC[C@@H](NC(=O)[C@@H]1CC(Oc2cc(-c3csc(NC(C)C)n3)nc3c(Cl)c(OCCN4CCOCC4)ccc23)CN1C(=O)C(NC(=O)O[C@H]1C=C2[C@@H](C)[C@H]2C1)C(C)(C)C)C(=O)O. The Hall–Kier alpha value is -4.71. The highest BCUT2D eigenvalue weighted by atomic mass is 35.5. The van der Waals surface area contributed by atoms with Crippen molar-refractivity contribution in [3.8, 4) is 22.9 Å². The van der Waals surface area contributed by atoms with Gasteiger partial charge in [-0.05, 0) is 62.1 Å². The number of nitrogens with zero attached hydrogens (tertiary/aromatic N) is 4. The average molecular weight is 911 g/mol. The van der Waals surface area contributed by atoms with Gasteiger partial charge in [0.2, 0.25) is 11.8 Å². The van der Waals surface area contributed by atoms with Crippen LogP contribution in [-0.2, 0) is 23.9 Å². The summed E-state index contributed by atoms with van der Waals surface area (Å²) in [7, 11) is 0. The maximum Gasteiger partial charge on any atom is 0.408 e. The van der Waals surface area contributed by atoms with Gasteiger partial charge in [0.25, 0.3) is 0 Å². The number of carboxylic acid groups (broad SMARTS) is 1. The molecule has 63 heavy (non-hydrogen) atoms. The second kappa shape index (κ2) is 19.6. The van der Waals surface area contributed by atoms with Gasteiger partial charge < -0.3 is 44.9 Å². The molecule has 1 aromatic carbocycles. The van der Waals surface area contributed by atoms with Gasteiger partial charge in [-0.25, -0.2) is 19.6 Å². The number of morpholine rings is 1. The second-order valence-corrected chi connectivity index (χ2v) is 19.5. The van der Waals surface area contributed by atoms with Crippen LogP contribution in [0.3, 0.4) is 0 Å². The van der Waals surface area contributed by atoms with E-state index in [1.54, 1.807) is 12.1 Å². The summed E-state index contributed by atoms with van der Waals surface area (Å²) in [6.07, 6.45) is 1.59. The first-order valence-electron chi connectivity index (χ1n) is 22.0. The smallest absolute Gasteiger partial charge is 0.408 e. The number of halogens is 1. The minimum Gasteiger partial charge on any atom is -0.491 e. The Morgan fingerprint density at radius 2 is 1.83 bits per heavy atom. The zero-order valence-electron chi connectivity index (χ0n) is 37.1. The molecule has 4 aliphatic rings. The van der Waals surface area contributed by atoms with Crippen LogP contribution in [0.2, 0.25) is 5.02 Å². The van der Waals surface area contributed by atoms with E-state index < -0.39 is 53.5 Å². The summed E-state index contributed by atoms with van der Waals surface area (Å²) in [5, 5.41) is 22.2. The molecule has 0 radical (unpaired) electrons. The third-order valence-corrected chi connectivity index (χ3v) is 13.2. The number of carbonyl (C=O) groups excluding carboxylic acids is 3. The lowest BCUT2D eigenvalue weighted by Gasteiger charge is -2.35. The molecule has 2 aliphatic heterocycles. The zero-order chi connectivity index (χ0) is 45.2. The Balaban J connectivity index is 1.18. The quantitative estimate of drug-likeness (QED) is 0.109. The third kappa shape index (κ3) is 11.0. The van der Waals surface area contributed by atoms with Gasteiger partial charge in [0.05, 0.1) is 31.0 Å². The fraction of sp³-hybridized carbons (Fsp3) is 0.600. The molecule has 16 nitrogen and oxygen atoms in total. The van der Waals surface area contributed by atoms with Crippen molar-refractivity contribution in [3.05, 3.63) is 40.3 Å². The molecule has 342 valence electrons. The van der Waals surface area contributed by atoms with Gasteiger partial charge in [-0.15, -0.1) is 11.3 Å². The monoisotopic (exact) mass is 909 g/mol. The predicted molar refractivity (Wildman–Crippen MR) is 240 cm³/mol. The Bertz CT molecular complexity index is 2210. The van der Waals surface area contributed by atoms with Crippen LogP contribution in [0.5, 0.6) is 11.5 Å². The highest BCUT2D eigenvalue weighted by Gasteiger charge is 2.49. The maximum atomic E-state index is 14.8. The summed E-state index contributed by atoms with van der Waals surface area (Å²) in [6, 6.07) is 2.14. The molecule has 18 heteroatoms. The molecule has 3 fully saturated rings. The predicted octanol–water partition coefficient (Wildman–Crippen LogP) is 6.37. The van der Waals surface area contributed by atoms with Crippen molar-refractivity contribution in [1.29, 1.82) is 0 Å². The van der Waals surface area contributed by atoms with E-state index in [0.29, 0.717) is 89.9 Å². The van der Waals surface area contributed by atoms with Crippen molar-refractivity contribution in [2.24, 2.45) is 17.3 Å². The van der Waals surface area contributed by atoms with Crippen molar-refractivity contribution < 1.29 is 43.2 Å². The van der Waals surface area contributed by atoms with Crippen LogP contribution in [-0.4, -0.2) is 131 Å². The van der Waals surface area contributed by atoms with E-state index in [9.17, 15) is 24.3 Å². The van der Waals surface area contributed by atoms with Crippen LogP contribution in [0.4, 0.5) is 9.93 Å². The summed E-state index contributed by atoms with van der Waals surface area (Å²) in [5.41, 5.74) is 1.98. The number of thiazole rings is 1. The van der Waals surface area contributed by atoms with Gasteiger partial charge in [0, 0.05) is 48.9 Å². The van der Waals surface area contributed by atoms with Crippen LogP contribution in [0, 0.1) is 17.3 Å².